The highest BCUT2D eigenvalue weighted by molar-refractivity contribution is 5.64. The standard InChI is InChI=1S/C13H24N4/c1-5-17-12(11(14)10(4)16-17)15-8-13(6-7-13)9(2)3/h9,15H,5-8,14H2,1-4H3. The number of rotatable bonds is 5. The van der Waals surface area contributed by atoms with Crippen LogP contribution in [0.1, 0.15) is 39.3 Å². The molecule has 1 fully saturated rings. The van der Waals surface area contributed by atoms with Crippen molar-refractivity contribution in [3.05, 3.63) is 5.69 Å². The van der Waals surface area contributed by atoms with Gasteiger partial charge in [0.05, 0.1) is 11.4 Å². The van der Waals surface area contributed by atoms with Crippen molar-refractivity contribution < 1.29 is 0 Å². The molecule has 96 valence electrons. The fraction of sp³-hybridized carbons (Fsp3) is 0.769. The molecule has 1 aromatic heterocycles. The summed E-state index contributed by atoms with van der Waals surface area (Å²) >= 11 is 0. The number of hydrogen-bond acceptors (Lipinski definition) is 3. The first-order chi connectivity index (χ1) is 8.00. The molecular formula is C13H24N4. The number of hydrogen-bond donors (Lipinski definition) is 2. The van der Waals surface area contributed by atoms with Gasteiger partial charge in [0.15, 0.2) is 0 Å². The second-order valence-electron chi connectivity index (χ2n) is 5.53. The summed E-state index contributed by atoms with van der Waals surface area (Å²) in [6.07, 6.45) is 2.66. The van der Waals surface area contributed by atoms with E-state index in [1.165, 1.54) is 12.8 Å². The maximum Gasteiger partial charge on any atom is 0.148 e. The van der Waals surface area contributed by atoms with Gasteiger partial charge in [-0.15, -0.1) is 0 Å². The molecule has 0 amide bonds. The van der Waals surface area contributed by atoms with Crippen molar-refractivity contribution in [1.82, 2.24) is 9.78 Å². The van der Waals surface area contributed by atoms with Crippen LogP contribution in [0.15, 0.2) is 0 Å². The highest BCUT2D eigenvalue weighted by Crippen LogP contribution is 2.51. The number of nitrogen functional groups attached to an aromatic ring is 1. The number of anilines is 2. The maximum absolute atomic E-state index is 6.06. The van der Waals surface area contributed by atoms with E-state index in [-0.39, 0.29) is 0 Å². The summed E-state index contributed by atoms with van der Waals surface area (Å²) in [5, 5.41) is 7.94. The molecule has 1 aliphatic carbocycles. The van der Waals surface area contributed by atoms with E-state index in [1.807, 2.05) is 11.6 Å². The Bertz CT molecular complexity index is 402. The quantitative estimate of drug-likeness (QED) is 0.826. The van der Waals surface area contributed by atoms with Gasteiger partial charge in [0.25, 0.3) is 0 Å². The fourth-order valence-corrected chi connectivity index (χ4v) is 2.39. The second-order valence-corrected chi connectivity index (χ2v) is 5.53. The van der Waals surface area contributed by atoms with Crippen LogP contribution in [-0.4, -0.2) is 16.3 Å². The van der Waals surface area contributed by atoms with Gasteiger partial charge in [-0.1, -0.05) is 13.8 Å². The summed E-state index contributed by atoms with van der Waals surface area (Å²) in [5.41, 5.74) is 8.27. The van der Waals surface area contributed by atoms with E-state index in [4.69, 9.17) is 5.73 Å². The third-order valence-electron chi connectivity index (χ3n) is 4.20. The minimum Gasteiger partial charge on any atom is -0.394 e. The summed E-state index contributed by atoms with van der Waals surface area (Å²) in [4.78, 5) is 0. The van der Waals surface area contributed by atoms with Crippen molar-refractivity contribution in [2.24, 2.45) is 11.3 Å². The molecule has 1 saturated carbocycles. The molecular weight excluding hydrogens is 212 g/mol. The molecule has 0 radical (unpaired) electrons. The van der Waals surface area contributed by atoms with E-state index in [0.29, 0.717) is 5.41 Å². The van der Waals surface area contributed by atoms with E-state index >= 15 is 0 Å². The van der Waals surface area contributed by atoms with Crippen LogP contribution in [0, 0.1) is 18.3 Å². The van der Waals surface area contributed by atoms with Gasteiger partial charge in [-0.2, -0.15) is 5.10 Å². The predicted octanol–water partition coefficient (Wildman–Crippen LogP) is 2.64. The molecule has 2 rings (SSSR count). The zero-order valence-corrected chi connectivity index (χ0v) is 11.4. The summed E-state index contributed by atoms with van der Waals surface area (Å²) in [7, 11) is 0. The Labute approximate surface area is 104 Å². The van der Waals surface area contributed by atoms with Gasteiger partial charge < -0.3 is 11.1 Å². The minimum absolute atomic E-state index is 0.489. The van der Waals surface area contributed by atoms with E-state index in [2.05, 4.69) is 31.2 Å². The van der Waals surface area contributed by atoms with Crippen molar-refractivity contribution in [3.8, 4) is 0 Å². The van der Waals surface area contributed by atoms with Crippen molar-refractivity contribution in [2.75, 3.05) is 17.6 Å². The summed E-state index contributed by atoms with van der Waals surface area (Å²) in [6, 6.07) is 0. The number of nitrogens with two attached hydrogens (primary N) is 1. The number of nitrogens with one attached hydrogen (secondary N) is 1. The lowest BCUT2D eigenvalue weighted by atomic mass is 9.92. The van der Waals surface area contributed by atoms with E-state index in [1.54, 1.807) is 0 Å². The molecule has 1 aromatic rings. The topological polar surface area (TPSA) is 55.9 Å². The SMILES string of the molecule is CCn1nc(C)c(N)c1NCC1(C(C)C)CC1. The normalized spacial score (nSPS) is 17.5. The maximum atomic E-state index is 6.06. The molecule has 0 aromatic carbocycles. The van der Waals surface area contributed by atoms with Crippen LogP contribution in [0.4, 0.5) is 11.5 Å². The zero-order chi connectivity index (χ0) is 12.6. The predicted molar refractivity (Wildman–Crippen MR) is 72.0 cm³/mol. The van der Waals surface area contributed by atoms with Crippen LogP contribution >= 0.6 is 0 Å². The molecule has 0 atom stereocenters. The summed E-state index contributed by atoms with van der Waals surface area (Å²) in [6.45, 7) is 10.5. The molecule has 0 spiro atoms. The molecule has 0 aliphatic heterocycles. The van der Waals surface area contributed by atoms with Crippen molar-refractivity contribution >= 4 is 11.5 Å². The lowest BCUT2D eigenvalue weighted by Gasteiger charge is -2.21. The summed E-state index contributed by atoms with van der Waals surface area (Å²) < 4.78 is 1.96. The Hall–Kier alpha value is -1.19. The van der Waals surface area contributed by atoms with Gasteiger partial charge in [0.1, 0.15) is 5.82 Å². The number of aryl methyl sites for hydroxylation is 2. The van der Waals surface area contributed by atoms with Crippen LogP contribution in [0.2, 0.25) is 0 Å². The van der Waals surface area contributed by atoms with E-state index in [9.17, 15) is 0 Å². The number of nitrogens with zero attached hydrogens (tertiary/aromatic N) is 2. The molecule has 3 N–H and O–H groups in total. The molecule has 17 heavy (non-hydrogen) atoms. The smallest absolute Gasteiger partial charge is 0.148 e. The van der Waals surface area contributed by atoms with E-state index < -0.39 is 0 Å². The lowest BCUT2D eigenvalue weighted by Crippen LogP contribution is -2.22. The van der Waals surface area contributed by atoms with Gasteiger partial charge in [-0.3, -0.25) is 0 Å². The molecule has 1 heterocycles. The van der Waals surface area contributed by atoms with Crippen molar-refractivity contribution in [2.45, 2.75) is 47.1 Å². The Morgan fingerprint density at radius 3 is 2.59 bits per heavy atom. The Morgan fingerprint density at radius 1 is 1.47 bits per heavy atom. The minimum atomic E-state index is 0.489. The third-order valence-corrected chi connectivity index (χ3v) is 4.20. The highest BCUT2D eigenvalue weighted by Gasteiger charge is 2.45. The molecule has 0 unspecified atom stereocenters. The van der Waals surface area contributed by atoms with Crippen LogP contribution in [0.25, 0.3) is 0 Å². The van der Waals surface area contributed by atoms with Crippen molar-refractivity contribution in [1.29, 1.82) is 0 Å². The van der Waals surface area contributed by atoms with Gasteiger partial charge in [-0.05, 0) is 38.0 Å². The first-order valence-electron chi connectivity index (χ1n) is 6.57. The largest absolute Gasteiger partial charge is 0.394 e. The zero-order valence-electron chi connectivity index (χ0n) is 11.4. The van der Waals surface area contributed by atoms with Crippen LogP contribution in [0.3, 0.4) is 0 Å². The molecule has 0 bridgehead atoms. The second kappa shape index (κ2) is 4.24. The van der Waals surface area contributed by atoms with Crippen LogP contribution in [0.5, 0.6) is 0 Å². The van der Waals surface area contributed by atoms with Crippen molar-refractivity contribution in [3.63, 3.8) is 0 Å². The van der Waals surface area contributed by atoms with Gasteiger partial charge in [0, 0.05) is 13.1 Å². The number of aromatic nitrogens is 2. The Balaban J connectivity index is 2.09. The molecule has 4 nitrogen and oxygen atoms in total. The van der Waals surface area contributed by atoms with Crippen LogP contribution in [-0.2, 0) is 6.54 Å². The molecule has 4 heteroatoms. The van der Waals surface area contributed by atoms with Gasteiger partial charge >= 0.3 is 0 Å². The average molecular weight is 236 g/mol. The molecule has 1 aliphatic rings. The Kier molecular flexibility index (Phi) is 3.06. The average Bonchev–Trinajstić information content (AvgIpc) is 3.03. The monoisotopic (exact) mass is 236 g/mol. The molecule has 0 saturated heterocycles. The van der Waals surface area contributed by atoms with Gasteiger partial charge in [-0.25, -0.2) is 4.68 Å². The highest BCUT2D eigenvalue weighted by atomic mass is 15.3. The third kappa shape index (κ3) is 2.13. The first-order valence-corrected chi connectivity index (χ1v) is 6.57. The van der Waals surface area contributed by atoms with Crippen LogP contribution < -0.4 is 11.1 Å². The Morgan fingerprint density at radius 2 is 2.12 bits per heavy atom. The van der Waals surface area contributed by atoms with E-state index in [0.717, 1.165) is 36.2 Å². The first kappa shape index (κ1) is 12.3. The summed E-state index contributed by atoms with van der Waals surface area (Å²) in [5.74, 6) is 1.73. The lowest BCUT2D eigenvalue weighted by molar-refractivity contribution is 0.379. The fourth-order valence-electron chi connectivity index (χ4n) is 2.39. The van der Waals surface area contributed by atoms with Gasteiger partial charge in [0.2, 0.25) is 0 Å².